The number of hydrogen-bond donors (Lipinski definition) is 2. The van der Waals surface area contributed by atoms with Crippen molar-refractivity contribution in [2.75, 3.05) is 32.9 Å². The molecule has 0 aromatic heterocycles. The Morgan fingerprint density at radius 3 is 2.86 bits per heavy atom. The van der Waals surface area contributed by atoms with Gasteiger partial charge < -0.3 is 9.84 Å². The van der Waals surface area contributed by atoms with Gasteiger partial charge in [0.1, 0.15) is 0 Å². The number of hydrazine groups is 1. The van der Waals surface area contributed by atoms with Crippen molar-refractivity contribution >= 4 is 17.5 Å². The molecule has 6 heteroatoms. The summed E-state index contributed by atoms with van der Waals surface area (Å²) in [5.74, 6) is 5.46. The molecule has 112 valence electrons. The minimum absolute atomic E-state index is 0.0185. The molecule has 1 aliphatic heterocycles. The van der Waals surface area contributed by atoms with Gasteiger partial charge in [-0.1, -0.05) is 23.4 Å². The third-order valence-electron chi connectivity index (χ3n) is 2.96. The lowest BCUT2D eigenvalue weighted by atomic mass is 10.1. The van der Waals surface area contributed by atoms with Crippen LogP contribution in [0.2, 0.25) is 5.02 Å². The second-order valence-electron chi connectivity index (χ2n) is 4.51. The Morgan fingerprint density at radius 1 is 1.43 bits per heavy atom. The monoisotopic (exact) mass is 308 g/mol. The van der Waals surface area contributed by atoms with Crippen molar-refractivity contribution in [3.8, 4) is 11.8 Å². The van der Waals surface area contributed by atoms with Gasteiger partial charge in [-0.05, 0) is 18.2 Å². The van der Waals surface area contributed by atoms with E-state index in [0.29, 0.717) is 48.9 Å². The molecule has 1 aromatic carbocycles. The number of nitrogens with zero attached hydrogens (tertiary/aromatic N) is 1. The largest absolute Gasteiger partial charge is 0.395 e. The summed E-state index contributed by atoms with van der Waals surface area (Å²) < 4.78 is 5.22. The quantitative estimate of drug-likeness (QED) is 0.820. The average molecular weight is 309 g/mol. The van der Waals surface area contributed by atoms with Crippen molar-refractivity contribution in [1.29, 1.82) is 0 Å². The molecule has 1 saturated heterocycles. The molecule has 5 nitrogen and oxygen atoms in total. The van der Waals surface area contributed by atoms with E-state index in [9.17, 15) is 4.79 Å². The van der Waals surface area contributed by atoms with Crippen LogP contribution in [0, 0.1) is 11.8 Å². The van der Waals surface area contributed by atoms with E-state index in [1.165, 1.54) is 0 Å². The molecule has 1 fully saturated rings. The molecular weight excluding hydrogens is 292 g/mol. The smallest absolute Gasteiger partial charge is 0.265 e. The molecule has 1 aliphatic rings. The highest BCUT2D eigenvalue weighted by Gasteiger charge is 2.14. The van der Waals surface area contributed by atoms with Crippen molar-refractivity contribution in [3.63, 3.8) is 0 Å². The molecule has 0 aliphatic carbocycles. The number of aliphatic hydroxyl groups excluding tert-OH is 1. The fourth-order valence-electron chi connectivity index (χ4n) is 1.85. The van der Waals surface area contributed by atoms with Gasteiger partial charge in [-0.3, -0.25) is 10.2 Å². The second kappa shape index (κ2) is 8.01. The predicted octanol–water partition coefficient (Wildman–Crippen LogP) is 1.05. The molecule has 0 unspecified atom stereocenters. The molecule has 0 radical (unpaired) electrons. The molecule has 1 heterocycles. The van der Waals surface area contributed by atoms with E-state index < -0.39 is 0 Å². The Bertz CT molecular complexity index is 560. The van der Waals surface area contributed by atoms with E-state index in [4.69, 9.17) is 21.4 Å². The number of amides is 1. The number of halogens is 1. The van der Waals surface area contributed by atoms with Crippen LogP contribution in [-0.2, 0) is 4.74 Å². The van der Waals surface area contributed by atoms with Crippen molar-refractivity contribution < 1.29 is 14.6 Å². The number of benzene rings is 1. The van der Waals surface area contributed by atoms with Gasteiger partial charge in [-0.25, -0.2) is 5.01 Å². The molecule has 2 N–H and O–H groups in total. The molecule has 21 heavy (non-hydrogen) atoms. The molecule has 0 saturated carbocycles. The highest BCUT2D eigenvalue weighted by molar-refractivity contribution is 6.32. The van der Waals surface area contributed by atoms with E-state index in [2.05, 4.69) is 17.3 Å². The number of morpholine rings is 1. The maximum absolute atomic E-state index is 12.1. The SMILES string of the molecule is O=C(NN1CCOCC1)c1ccc(C#CCCO)c(Cl)c1. The maximum atomic E-state index is 12.1. The van der Waals surface area contributed by atoms with Gasteiger partial charge in [0.2, 0.25) is 0 Å². The normalized spacial score (nSPS) is 15.1. The van der Waals surface area contributed by atoms with Crippen LogP contribution in [0.1, 0.15) is 22.3 Å². The summed E-state index contributed by atoms with van der Waals surface area (Å²) in [7, 11) is 0. The fraction of sp³-hybridized carbons (Fsp3) is 0.400. The van der Waals surface area contributed by atoms with Gasteiger partial charge in [0.05, 0.1) is 24.8 Å². The zero-order valence-electron chi connectivity index (χ0n) is 11.6. The fourth-order valence-corrected chi connectivity index (χ4v) is 2.08. The van der Waals surface area contributed by atoms with Gasteiger partial charge in [-0.2, -0.15) is 0 Å². The van der Waals surface area contributed by atoms with Gasteiger partial charge in [-0.15, -0.1) is 0 Å². The standard InChI is InChI=1S/C15H17ClN2O3/c16-14-11-13(5-4-12(14)3-1-2-8-19)15(20)17-18-6-9-21-10-7-18/h4-5,11,19H,2,6-10H2,(H,17,20). The first-order chi connectivity index (χ1) is 10.2. The number of carbonyl (C=O) groups excluding carboxylic acids is 1. The van der Waals surface area contributed by atoms with Crippen LogP contribution >= 0.6 is 11.6 Å². The lowest BCUT2D eigenvalue weighted by molar-refractivity contribution is 0.0126. The molecule has 1 aromatic rings. The van der Waals surface area contributed by atoms with Crippen molar-refractivity contribution in [2.24, 2.45) is 0 Å². The van der Waals surface area contributed by atoms with E-state index >= 15 is 0 Å². The third-order valence-corrected chi connectivity index (χ3v) is 3.27. The Kier molecular flexibility index (Phi) is 6.03. The van der Waals surface area contributed by atoms with Crippen LogP contribution in [0.15, 0.2) is 18.2 Å². The summed E-state index contributed by atoms with van der Waals surface area (Å²) in [4.78, 5) is 12.1. The number of aliphatic hydroxyl groups is 1. The Morgan fingerprint density at radius 2 is 2.19 bits per heavy atom. The lowest BCUT2D eigenvalue weighted by Crippen LogP contribution is -2.48. The van der Waals surface area contributed by atoms with Crippen LogP contribution in [0.3, 0.4) is 0 Å². The van der Waals surface area contributed by atoms with Crippen LogP contribution in [0.5, 0.6) is 0 Å². The summed E-state index contributed by atoms with van der Waals surface area (Å²) in [6.45, 7) is 2.58. The topological polar surface area (TPSA) is 61.8 Å². The summed E-state index contributed by atoms with van der Waals surface area (Å²) in [6.07, 6.45) is 0.398. The molecule has 2 rings (SSSR count). The van der Waals surface area contributed by atoms with Crippen LogP contribution < -0.4 is 5.43 Å². The van der Waals surface area contributed by atoms with Gasteiger partial charge in [0.15, 0.2) is 0 Å². The van der Waals surface area contributed by atoms with Gasteiger partial charge in [0.25, 0.3) is 5.91 Å². The second-order valence-corrected chi connectivity index (χ2v) is 4.92. The highest BCUT2D eigenvalue weighted by Crippen LogP contribution is 2.17. The first kappa shape index (κ1) is 15.8. The van der Waals surface area contributed by atoms with Crippen LogP contribution in [0.4, 0.5) is 0 Å². The Labute approximate surface area is 128 Å². The minimum Gasteiger partial charge on any atom is -0.395 e. The zero-order valence-corrected chi connectivity index (χ0v) is 12.3. The number of carbonyl (C=O) groups is 1. The van der Waals surface area contributed by atoms with E-state index in [-0.39, 0.29) is 12.5 Å². The average Bonchev–Trinajstić information content (AvgIpc) is 2.50. The number of hydrogen-bond acceptors (Lipinski definition) is 4. The van der Waals surface area contributed by atoms with E-state index in [1.807, 2.05) is 5.01 Å². The maximum Gasteiger partial charge on any atom is 0.265 e. The Hall–Kier alpha value is -1.58. The van der Waals surface area contributed by atoms with Crippen molar-refractivity contribution in [2.45, 2.75) is 6.42 Å². The van der Waals surface area contributed by atoms with E-state index in [1.54, 1.807) is 18.2 Å². The summed E-state index contributed by atoms with van der Waals surface area (Å²) in [5.41, 5.74) is 3.95. The number of nitrogens with one attached hydrogen (secondary N) is 1. The molecule has 1 amide bonds. The predicted molar refractivity (Wildman–Crippen MR) is 79.9 cm³/mol. The van der Waals surface area contributed by atoms with Gasteiger partial charge >= 0.3 is 0 Å². The van der Waals surface area contributed by atoms with Crippen molar-refractivity contribution in [3.05, 3.63) is 34.3 Å². The number of ether oxygens (including phenoxy) is 1. The van der Waals surface area contributed by atoms with Crippen LogP contribution in [0.25, 0.3) is 0 Å². The summed E-state index contributed by atoms with van der Waals surface area (Å²) in [5, 5.41) is 10.9. The van der Waals surface area contributed by atoms with Gasteiger partial charge in [0, 0.05) is 30.6 Å². The van der Waals surface area contributed by atoms with Crippen molar-refractivity contribution in [1.82, 2.24) is 10.4 Å². The zero-order chi connectivity index (χ0) is 15.1. The lowest BCUT2D eigenvalue weighted by Gasteiger charge is -2.26. The summed E-state index contributed by atoms with van der Waals surface area (Å²) >= 11 is 6.12. The molecule has 0 atom stereocenters. The first-order valence-corrected chi connectivity index (χ1v) is 7.11. The number of rotatable bonds is 3. The minimum atomic E-state index is -0.200. The highest BCUT2D eigenvalue weighted by atomic mass is 35.5. The third kappa shape index (κ3) is 4.73. The summed E-state index contributed by atoms with van der Waals surface area (Å²) in [6, 6.07) is 4.99. The molecule has 0 bridgehead atoms. The first-order valence-electron chi connectivity index (χ1n) is 6.73. The molecular formula is C15H17ClN2O3. The molecule has 0 spiro atoms. The Balaban J connectivity index is 2.01. The van der Waals surface area contributed by atoms with Crippen LogP contribution in [-0.4, -0.2) is 48.9 Å². The van der Waals surface area contributed by atoms with E-state index in [0.717, 1.165) is 0 Å².